The molecule has 1 amide bonds. The number of nitrogens with zero attached hydrogens (tertiary/aromatic N) is 1. The van der Waals surface area contributed by atoms with Crippen LogP contribution in [0.1, 0.15) is 32.3 Å². The molecule has 0 aromatic heterocycles. The summed E-state index contributed by atoms with van der Waals surface area (Å²) in [6, 6.07) is 8.02. The summed E-state index contributed by atoms with van der Waals surface area (Å²) in [4.78, 5) is 14.6. The van der Waals surface area contributed by atoms with Gasteiger partial charge in [0.25, 0.3) is 5.91 Å². The van der Waals surface area contributed by atoms with Crippen LogP contribution in [0.5, 0.6) is 0 Å². The molecule has 1 heterocycles. The van der Waals surface area contributed by atoms with Crippen molar-refractivity contribution in [3.05, 3.63) is 29.8 Å². The van der Waals surface area contributed by atoms with E-state index in [1.54, 1.807) is 0 Å². The summed E-state index contributed by atoms with van der Waals surface area (Å²) in [6.45, 7) is 7.71. The Balaban J connectivity index is 1.94. The summed E-state index contributed by atoms with van der Waals surface area (Å²) >= 11 is 0. The van der Waals surface area contributed by atoms with Crippen molar-refractivity contribution in [3.8, 4) is 0 Å². The maximum absolute atomic E-state index is 12.2. The van der Waals surface area contributed by atoms with Crippen LogP contribution in [0.4, 0.5) is 5.69 Å². The molecule has 0 radical (unpaired) electrons. The third-order valence-electron chi connectivity index (χ3n) is 4.16. The molecule has 1 aromatic rings. The molecule has 1 aliphatic rings. The standard InChI is InChI=1S/C17H27N3O2/c1-3-20(4-2)12-13-6-5-7-14(10-13)19-17(21)16-9-8-15(11-18)22-16/h5-7,10,15-16H,3-4,8-9,11-12,18H2,1-2H3,(H,19,21)/t15-,16+/m1/s1. The highest BCUT2D eigenvalue weighted by atomic mass is 16.5. The summed E-state index contributed by atoms with van der Waals surface area (Å²) < 4.78 is 5.63. The summed E-state index contributed by atoms with van der Waals surface area (Å²) in [5, 5.41) is 2.95. The number of nitrogens with one attached hydrogen (secondary N) is 1. The van der Waals surface area contributed by atoms with Crippen molar-refractivity contribution in [2.45, 2.75) is 45.4 Å². The zero-order valence-electron chi connectivity index (χ0n) is 13.5. The van der Waals surface area contributed by atoms with E-state index in [2.05, 4.69) is 30.1 Å². The van der Waals surface area contributed by atoms with E-state index in [0.29, 0.717) is 6.54 Å². The third-order valence-corrected chi connectivity index (χ3v) is 4.16. The molecule has 5 heteroatoms. The Kier molecular flexibility index (Phi) is 6.36. The summed E-state index contributed by atoms with van der Waals surface area (Å²) in [6.07, 6.45) is 1.24. The number of hydrogen-bond acceptors (Lipinski definition) is 4. The Morgan fingerprint density at radius 1 is 1.36 bits per heavy atom. The van der Waals surface area contributed by atoms with E-state index < -0.39 is 0 Å². The van der Waals surface area contributed by atoms with Crippen LogP contribution < -0.4 is 11.1 Å². The molecule has 122 valence electrons. The zero-order chi connectivity index (χ0) is 15.9. The first-order valence-electron chi connectivity index (χ1n) is 8.14. The molecule has 0 aliphatic carbocycles. The number of rotatable bonds is 7. The minimum atomic E-state index is -0.375. The molecule has 1 aliphatic heterocycles. The van der Waals surface area contributed by atoms with Crippen LogP contribution in [0.15, 0.2) is 24.3 Å². The molecular weight excluding hydrogens is 278 g/mol. The van der Waals surface area contributed by atoms with Crippen LogP contribution in [0.2, 0.25) is 0 Å². The number of ether oxygens (including phenoxy) is 1. The Hall–Kier alpha value is -1.43. The molecule has 1 saturated heterocycles. The van der Waals surface area contributed by atoms with Gasteiger partial charge in [-0.15, -0.1) is 0 Å². The molecule has 0 saturated carbocycles. The van der Waals surface area contributed by atoms with Gasteiger partial charge in [0.2, 0.25) is 0 Å². The monoisotopic (exact) mass is 305 g/mol. The number of carbonyl (C=O) groups excluding carboxylic acids is 1. The average molecular weight is 305 g/mol. The average Bonchev–Trinajstić information content (AvgIpc) is 3.02. The number of anilines is 1. The topological polar surface area (TPSA) is 67.6 Å². The molecule has 22 heavy (non-hydrogen) atoms. The number of hydrogen-bond donors (Lipinski definition) is 2. The first-order valence-corrected chi connectivity index (χ1v) is 8.14. The van der Waals surface area contributed by atoms with Crippen molar-refractivity contribution in [2.24, 2.45) is 5.73 Å². The second-order valence-electron chi connectivity index (χ2n) is 5.71. The predicted molar refractivity (Wildman–Crippen MR) is 88.6 cm³/mol. The summed E-state index contributed by atoms with van der Waals surface area (Å²) in [5.41, 5.74) is 7.61. The second-order valence-corrected chi connectivity index (χ2v) is 5.71. The first kappa shape index (κ1) is 16.9. The van der Waals surface area contributed by atoms with Crippen molar-refractivity contribution in [1.82, 2.24) is 4.90 Å². The van der Waals surface area contributed by atoms with Gasteiger partial charge in [-0.25, -0.2) is 0 Å². The van der Waals surface area contributed by atoms with Gasteiger partial charge in [-0.3, -0.25) is 9.69 Å². The van der Waals surface area contributed by atoms with E-state index in [1.807, 2.05) is 18.2 Å². The molecule has 2 atom stereocenters. The quantitative estimate of drug-likeness (QED) is 0.808. The van der Waals surface area contributed by atoms with Gasteiger partial charge in [0.15, 0.2) is 0 Å². The van der Waals surface area contributed by atoms with Crippen LogP contribution in [0.25, 0.3) is 0 Å². The van der Waals surface area contributed by atoms with Crippen molar-refractivity contribution < 1.29 is 9.53 Å². The number of nitrogens with two attached hydrogens (primary N) is 1. The lowest BCUT2D eigenvalue weighted by molar-refractivity contribution is -0.126. The molecular formula is C17H27N3O2. The van der Waals surface area contributed by atoms with Crippen molar-refractivity contribution >= 4 is 11.6 Å². The van der Waals surface area contributed by atoms with Gasteiger partial charge < -0.3 is 15.8 Å². The Morgan fingerprint density at radius 3 is 2.77 bits per heavy atom. The highest BCUT2D eigenvalue weighted by Gasteiger charge is 2.29. The maximum Gasteiger partial charge on any atom is 0.253 e. The van der Waals surface area contributed by atoms with Crippen molar-refractivity contribution in [2.75, 3.05) is 25.0 Å². The minimum Gasteiger partial charge on any atom is -0.364 e. The largest absolute Gasteiger partial charge is 0.364 e. The fourth-order valence-electron chi connectivity index (χ4n) is 2.75. The number of benzene rings is 1. The zero-order valence-corrected chi connectivity index (χ0v) is 13.5. The van der Waals surface area contributed by atoms with Crippen molar-refractivity contribution in [1.29, 1.82) is 0 Å². The van der Waals surface area contributed by atoms with Gasteiger partial charge in [-0.2, -0.15) is 0 Å². The molecule has 2 rings (SSSR count). The van der Waals surface area contributed by atoms with Crippen LogP contribution >= 0.6 is 0 Å². The van der Waals surface area contributed by atoms with E-state index in [0.717, 1.165) is 38.2 Å². The SMILES string of the molecule is CCN(CC)Cc1cccc(NC(=O)[C@@H]2CC[C@H](CN)O2)c1. The lowest BCUT2D eigenvalue weighted by atomic mass is 10.1. The van der Waals surface area contributed by atoms with Crippen LogP contribution in [0, 0.1) is 0 Å². The first-order chi connectivity index (χ1) is 10.7. The molecule has 3 N–H and O–H groups in total. The Bertz CT molecular complexity index is 489. The van der Waals surface area contributed by atoms with Gasteiger partial charge in [0.05, 0.1) is 6.10 Å². The van der Waals surface area contributed by atoms with Crippen LogP contribution in [-0.2, 0) is 16.1 Å². The molecule has 5 nitrogen and oxygen atoms in total. The highest BCUT2D eigenvalue weighted by Crippen LogP contribution is 2.21. The molecule has 0 bridgehead atoms. The van der Waals surface area contributed by atoms with E-state index in [-0.39, 0.29) is 18.1 Å². The molecule has 1 aromatic carbocycles. The molecule has 0 spiro atoms. The van der Waals surface area contributed by atoms with E-state index >= 15 is 0 Å². The second kappa shape index (κ2) is 8.27. The smallest absolute Gasteiger partial charge is 0.253 e. The van der Waals surface area contributed by atoms with Gasteiger partial charge in [0.1, 0.15) is 6.10 Å². The van der Waals surface area contributed by atoms with Crippen LogP contribution in [0.3, 0.4) is 0 Å². The Labute approximate surface area is 132 Å². The lowest BCUT2D eigenvalue weighted by Crippen LogP contribution is -2.29. The predicted octanol–water partition coefficient (Wildman–Crippen LogP) is 1.97. The summed E-state index contributed by atoms with van der Waals surface area (Å²) in [7, 11) is 0. The third kappa shape index (κ3) is 4.53. The van der Waals surface area contributed by atoms with Gasteiger partial charge in [-0.05, 0) is 43.6 Å². The number of amides is 1. The summed E-state index contributed by atoms with van der Waals surface area (Å²) in [5.74, 6) is -0.0732. The molecule has 1 fully saturated rings. The van der Waals surface area contributed by atoms with E-state index in [4.69, 9.17) is 10.5 Å². The fraction of sp³-hybridized carbons (Fsp3) is 0.588. The fourth-order valence-corrected chi connectivity index (χ4v) is 2.75. The van der Waals surface area contributed by atoms with Gasteiger partial charge >= 0.3 is 0 Å². The molecule has 0 unspecified atom stereocenters. The lowest BCUT2D eigenvalue weighted by Gasteiger charge is -2.18. The normalized spacial score (nSPS) is 21.3. The van der Waals surface area contributed by atoms with Gasteiger partial charge in [-0.1, -0.05) is 26.0 Å². The van der Waals surface area contributed by atoms with Gasteiger partial charge in [0, 0.05) is 18.8 Å². The van der Waals surface area contributed by atoms with Crippen molar-refractivity contribution in [3.63, 3.8) is 0 Å². The maximum atomic E-state index is 12.2. The minimum absolute atomic E-state index is 0.0183. The highest BCUT2D eigenvalue weighted by molar-refractivity contribution is 5.94. The van der Waals surface area contributed by atoms with E-state index in [9.17, 15) is 4.79 Å². The number of carbonyl (C=O) groups is 1. The Morgan fingerprint density at radius 2 is 2.14 bits per heavy atom. The van der Waals surface area contributed by atoms with Crippen LogP contribution in [-0.4, -0.2) is 42.6 Å². The van der Waals surface area contributed by atoms with E-state index in [1.165, 1.54) is 5.56 Å².